The third-order valence-corrected chi connectivity index (χ3v) is 4.58. The Morgan fingerprint density at radius 1 is 1.39 bits per heavy atom. The zero-order valence-corrected chi connectivity index (χ0v) is 12.1. The molecule has 2 rings (SSSR count). The third-order valence-electron chi connectivity index (χ3n) is 4.24. The number of aromatic nitrogens is 1. The third kappa shape index (κ3) is 3.04. The lowest BCUT2D eigenvalue weighted by Gasteiger charge is -2.38. The molecule has 0 spiro atoms. The summed E-state index contributed by atoms with van der Waals surface area (Å²) in [4.78, 5) is 4.07. The molecule has 1 aliphatic rings. The van der Waals surface area contributed by atoms with E-state index in [1.807, 2.05) is 6.20 Å². The fraction of sp³-hybridized carbons (Fsp3) is 0.667. The first-order valence-electron chi connectivity index (χ1n) is 6.97. The van der Waals surface area contributed by atoms with E-state index in [2.05, 4.69) is 30.2 Å². The average Bonchev–Trinajstić information content (AvgIpc) is 2.59. The van der Waals surface area contributed by atoms with Crippen LogP contribution in [0.2, 0.25) is 5.02 Å². The second-order valence-electron chi connectivity index (χ2n) is 5.69. The lowest BCUT2D eigenvalue weighted by molar-refractivity contribution is 0.226. The molecular formula is C15H23ClN2. The molecule has 0 bridgehead atoms. The molecule has 1 fully saturated rings. The Kier molecular flexibility index (Phi) is 4.63. The van der Waals surface area contributed by atoms with Crippen molar-refractivity contribution in [2.24, 2.45) is 5.92 Å². The molecule has 0 aromatic carbocycles. The van der Waals surface area contributed by atoms with E-state index in [0.29, 0.717) is 5.92 Å². The molecule has 1 atom stereocenters. The van der Waals surface area contributed by atoms with Crippen LogP contribution in [-0.2, 0) is 6.42 Å². The van der Waals surface area contributed by atoms with Crippen LogP contribution in [-0.4, -0.2) is 17.1 Å². The van der Waals surface area contributed by atoms with Gasteiger partial charge in [-0.2, -0.15) is 0 Å². The van der Waals surface area contributed by atoms with Gasteiger partial charge in [0.15, 0.2) is 0 Å². The Hall–Kier alpha value is -0.600. The zero-order valence-electron chi connectivity index (χ0n) is 11.4. The fourth-order valence-electron chi connectivity index (χ4n) is 2.90. The van der Waals surface area contributed by atoms with Crippen molar-refractivity contribution in [1.29, 1.82) is 0 Å². The molecule has 1 saturated heterocycles. The summed E-state index contributed by atoms with van der Waals surface area (Å²) in [6.07, 6.45) is 9.78. The molecule has 2 heterocycles. The van der Waals surface area contributed by atoms with Crippen LogP contribution in [0.5, 0.6) is 0 Å². The molecule has 2 nitrogen and oxygen atoms in total. The van der Waals surface area contributed by atoms with Crippen molar-refractivity contribution in [1.82, 2.24) is 10.3 Å². The summed E-state index contributed by atoms with van der Waals surface area (Å²) in [6.45, 7) is 5.75. The molecule has 1 aromatic heterocycles. The van der Waals surface area contributed by atoms with Crippen molar-refractivity contribution in [2.75, 3.05) is 6.54 Å². The number of hydrogen-bond acceptors (Lipinski definition) is 2. The molecule has 18 heavy (non-hydrogen) atoms. The summed E-state index contributed by atoms with van der Waals surface area (Å²) in [5, 5.41) is 4.59. The molecule has 0 aliphatic carbocycles. The molecular weight excluding hydrogens is 244 g/mol. The maximum absolute atomic E-state index is 6.26. The minimum atomic E-state index is 0.196. The molecule has 1 aromatic rings. The van der Waals surface area contributed by atoms with Crippen LogP contribution in [0.1, 0.15) is 45.1 Å². The Balaban J connectivity index is 2.22. The highest BCUT2D eigenvalue weighted by Gasteiger charge is 2.34. The van der Waals surface area contributed by atoms with Gasteiger partial charge in [0.05, 0.1) is 5.02 Å². The van der Waals surface area contributed by atoms with E-state index >= 15 is 0 Å². The molecule has 1 unspecified atom stereocenters. The highest BCUT2D eigenvalue weighted by molar-refractivity contribution is 6.31. The smallest absolute Gasteiger partial charge is 0.0621 e. The van der Waals surface area contributed by atoms with Gasteiger partial charge < -0.3 is 5.32 Å². The first-order chi connectivity index (χ1) is 8.64. The Morgan fingerprint density at radius 3 is 2.94 bits per heavy atom. The summed E-state index contributed by atoms with van der Waals surface area (Å²) in [5.41, 5.74) is 1.41. The summed E-state index contributed by atoms with van der Waals surface area (Å²) in [7, 11) is 0. The number of nitrogens with zero attached hydrogens (tertiary/aromatic N) is 1. The second kappa shape index (κ2) is 6.03. The van der Waals surface area contributed by atoms with Gasteiger partial charge in [-0.05, 0) is 43.4 Å². The monoisotopic (exact) mass is 266 g/mol. The van der Waals surface area contributed by atoms with Gasteiger partial charge in [-0.3, -0.25) is 4.98 Å². The summed E-state index contributed by atoms with van der Waals surface area (Å²) in [6, 6.07) is 2.05. The van der Waals surface area contributed by atoms with Gasteiger partial charge in [-0.25, -0.2) is 0 Å². The van der Waals surface area contributed by atoms with Gasteiger partial charge in [0, 0.05) is 17.9 Å². The van der Waals surface area contributed by atoms with E-state index in [1.165, 1.54) is 31.2 Å². The van der Waals surface area contributed by atoms with E-state index in [4.69, 9.17) is 11.6 Å². The Morgan fingerprint density at radius 2 is 2.22 bits per heavy atom. The quantitative estimate of drug-likeness (QED) is 0.899. The highest BCUT2D eigenvalue weighted by Crippen LogP contribution is 2.32. The number of nitrogens with one attached hydrogen (secondary N) is 1. The molecule has 0 saturated carbocycles. The van der Waals surface area contributed by atoms with Crippen molar-refractivity contribution in [3.8, 4) is 0 Å². The number of hydrogen-bond donors (Lipinski definition) is 1. The lowest BCUT2D eigenvalue weighted by atomic mass is 9.77. The van der Waals surface area contributed by atoms with E-state index in [0.717, 1.165) is 18.0 Å². The van der Waals surface area contributed by atoms with E-state index in [1.54, 1.807) is 6.20 Å². The Bertz CT molecular complexity index is 382. The number of pyridine rings is 1. The second-order valence-corrected chi connectivity index (χ2v) is 6.10. The van der Waals surface area contributed by atoms with Crippen molar-refractivity contribution >= 4 is 11.6 Å². The van der Waals surface area contributed by atoms with Crippen LogP contribution < -0.4 is 5.32 Å². The van der Waals surface area contributed by atoms with Crippen LogP contribution in [0.25, 0.3) is 0 Å². The van der Waals surface area contributed by atoms with Gasteiger partial charge in [0.1, 0.15) is 0 Å². The van der Waals surface area contributed by atoms with Crippen LogP contribution >= 0.6 is 11.6 Å². The lowest BCUT2D eigenvalue weighted by Crippen LogP contribution is -2.51. The van der Waals surface area contributed by atoms with Crippen molar-refractivity contribution in [3.63, 3.8) is 0 Å². The SMILES string of the molecule is CC(C)C1(Cc2ccncc2Cl)CCCCCN1. The van der Waals surface area contributed by atoms with E-state index in [9.17, 15) is 0 Å². The van der Waals surface area contributed by atoms with Crippen LogP contribution in [0.3, 0.4) is 0 Å². The highest BCUT2D eigenvalue weighted by atomic mass is 35.5. The number of rotatable bonds is 3. The van der Waals surface area contributed by atoms with Gasteiger partial charge >= 0.3 is 0 Å². The first kappa shape index (κ1) is 13.8. The van der Waals surface area contributed by atoms with Gasteiger partial charge in [0.2, 0.25) is 0 Å². The molecule has 3 heteroatoms. The maximum Gasteiger partial charge on any atom is 0.0621 e. The first-order valence-corrected chi connectivity index (χ1v) is 7.35. The summed E-state index contributed by atoms with van der Waals surface area (Å²) in [5.74, 6) is 0.611. The predicted octanol–water partition coefficient (Wildman–Crippen LogP) is 3.84. The molecule has 0 amide bonds. The molecule has 0 radical (unpaired) electrons. The molecule has 1 N–H and O–H groups in total. The van der Waals surface area contributed by atoms with E-state index < -0.39 is 0 Å². The van der Waals surface area contributed by atoms with E-state index in [-0.39, 0.29) is 5.54 Å². The fourth-order valence-corrected chi connectivity index (χ4v) is 3.09. The zero-order chi connectivity index (χ0) is 13.0. The molecule has 100 valence electrons. The van der Waals surface area contributed by atoms with Gasteiger partial charge in [-0.15, -0.1) is 0 Å². The standard InChI is InChI=1S/C15H23ClN2/c1-12(2)15(7-4-3-5-8-18-15)10-13-6-9-17-11-14(13)16/h6,9,11-12,18H,3-5,7-8,10H2,1-2H3. The van der Waals surface area contributed by atoms with Gasteiger partial charge in [-0.1, -0.05) is 38.3 Å². The normalized spacial score (nSPS) is 25.1. The largest absolute Gasteiger partial charge is 0.311 e. The Labute approximate surface area is 115 Å². The van der Waals surface area contributed by atoms with Crippen LogP contribution in [0.15, 0.2) is 18.5 Å². The summed E-state index contributed by atoms with van der Waals surface area (Å²) >= 11 is 6.26. The minimum Gasteiger partial charge on any atom is -0.311 e. The van der Waals surface area contributed by atoms with Crippen LogP contribution in [0.4, 0.5) is 0 Å². The topological polar surface area (TPSA) is 24.9 Å². The van der Waals surface area contributed by atoms with Crippen LogP contribution in [0, 0.1) is 5.92 Å². The maximum atomic E-state index is 6.26. The van der Waals surface area contributed by atoms with Crippen molar-refractivity contribution < 1.29 is 0 Å². The van der Waals surface area contributed by atoms with Gasteiger partial charge in [0.25, 0.3) is 0 Å². The van der Waals surface area contributed by atoms with Crippen molar-refractivity contribution in [2.45, 2.75) is 51.5 Å². The summed E-state index contributed by atoms with van der Waals surface area (Å²) < 4.78 is 0. The average molecular weight is 267 g/mol. The molecule has 1 aliphatic heterocycles. The predicted molar refractivity (Wildman–Crippen MR) is 77.0 cm³/mol. The number of halogens is 1. The minimum absolute atomic E-state index is 0.196. The van der Waals surface area contributed by atoms with Crippen molar-refractivity contribution in [3.05, 3.63) is 29.0 Å².